The van der Waals surface area contributed by atoms with E-state index in [0.29, 0.717) is 45.3 Å². The van der Waals surface area contributed by atoms with Gasteiger partial charge >= 0.3 is 0 Å². The number of hydrogen-bond acceptors (Lipinski definition) is 5. The molecule has 1 heterocycles. The van der Waals surface area contributed by atoms with Gasteiger partial charge in [0.15, 0.2) is 11.6 Å². The number of hydrogen-bond donors (Lipinski definition) is 0. The first-order chi connectivity index (χ1) is 25.5. The van der Waals surface area contributed by atoms with E-state index in [2.05, 4.69) is 10.6 Å². The van der Waals surface area contributed by atoms with Crippen molar-refractivity contribution in [2.45, 2.75) is 6.92 Å². The van der Waals surface area contributed by atoms with E-state index < -0.39 is 0 Å². The van der Waals surface area contributed by atoms with Gasteiger partial charge in [0.2, 0.25) is 0 Å². The van der Waals surface area contributed by atoms with Gasteiger partial charge in [0.05, 0.1) is 11.0 Å². The summed E-state index contributed by atoms with van der Waals surface area (Å²) in [6.07, 6.45) is 0. The molecule has 0 radical (unpaired) electrons. The molecule has 7 aromatic carbocycles. The number of carbonyl (C=O) groups excluding carboxylic acids is 2. The van der Waals surface area contributed by atoms with Crippen LogP contribution in [-0.2, 0) is 0 Å². The molecule has 0 N–H and O–H groups in total. The summed E-state index contributed by atoms with van der Waals surface area (Å²) in [7, 11) is 0. The van der Waals surface area contributed by atoms with Gasteiger partial charge in [-0.05, 0) is 116 Å². The third kappa shape index (κ3) is 6.73. The predicted octanol–water partition coefficient (Wildman–Crippen LogP) is 11.0. The zero-order valence-electron chi connectivity index (χ0n) is 28.3. The van der Waals surface area contributed by atoms with Gasteiger partial charge in [-0.2, -0.15) is 0 Å². The van der Waals surface area contributed by atoms with Crippen molar-refractivity contribution in [3.8, 4) is 40.1 Å². The lowest BCUT2D eigenvalue weighted by Gasteiger charge is -2.11. The molecule has 0 atom stereocenters. The SMILES string of the molecule is Cc1ccc(C(=O)c2ccc(Oc3ccc(Oc4ccc(C(=O)c5ccc(-n6c(-c7ccccc7)nc7ccccc76)cc5)cc4)cc3)cc2)cc1. The second kappa shape index (κ2) is 14.1. The summed E-state index contributed by atoms with van der Waals surface area (Å²) in [4.78, 5) is 31.1. The maximum absolute atomic E-state index is 13.4. The number of ether oxygens (including phenoxy) is 2. The van der Waals surface area contributed by atoms with E-state index in [0.717, 1.165) is 33.7 Å². The first-order valence-electron chi connectivity index (χ1n) is 16.9. The number of para-hydroxylation sites is 2. The molecule has 250 valence electrons. The lowest BCUT2D eigenvalue weighted by Crippen LogP contribution is -2.03. The molecule has 6 nitrogen and oxygen atoms in total. The number of rotatable bonds is 10. The average molecular weight is 677 g/mol. The van der Waals surface area contributed by atoms with Crippen LogP contribution in [0.3, 0.4) is 0 Å². The van der Waals surface area contributed by atoms with Gasteiger partial charge in [0.25, 0.3) is 0 Å². The summed E-state index contributed by atoms with van der Waals surface area (Å²) in [6, 6.07) is 54.8. The Hall–Kier alpha value is -7.05. The largest absolute Gasteiger partial charge is 0.457 e. The molecule has 0 spiro atoms. The van der Waals surface area contributed by atoms with Gasteiger partial charge in [-0.25, -0.2) is 4.98 Å². The van der Waals surface area contributed by atoms with Gasteiger partial charge < -0.3 is 9.47 Å². The van der Waals surface area contributed by atoms with Crippen LogP contribution >= 0.6 is 0 Å². The summed E-state index contributed by atoms with van der Waals surface area (Å²) in [6.45, 7) is 1.99. The summed E-state index contributed by atoms with van der Waals surface area (Å²) in [5.74, 6) is 3.23. The molecule has 0 bridgehead atoms. The number of aromatic nitrogens is 2. The highest BCUT2D eigenvalue weighted by Gasteiger charge is 2.16. The highest BCUT2D eigenvalue weighted by Crippen LogP contribution is 2.30. The lowest BCUT2D eigenvalue weighted by molar-refractivity contribution is 0.103. The van der Waals surface area contributed by atoms with E-state index in [9.17, 15) is 9.59 Å². The molecule has 0 aliphatic heterocycles. The first kappa shape index (κ1) is 32.2. The molecule has 0 unspecified atom stereocenters. The molecular weight excluding hydrogens is 645 g/mol. The molecule has 0 saturated carbocycles. The number of nitrogens with zero attached hydrogens (tertiary/aromatic N) is 2. The van der Waals surface area contributed by atoms with Crippen LogP contribution in [0.2, 0.25) is 0 Å². The molecular formula is C46H32N2O4. The Kier molecular flexibility index (Phi) is 8.70. The minimum atomic E-state index is -0.0779. The molecule has 0 saturated heterocycles. The summed E-state index contributed by atoms with van der Waals surface area (Å²) < 4.78 is 14.2. The lowest BCUT2D eigenvalue weighted by atomic mass is 10.0. The normalized spacial score (nSPS) is 10.9. The molecule has 0 aliphatic carbocycles. The number of benzene rings is 7. The van der Waals surface area contributed by atoms with Crippen molar-refractivity contribution in [2.75, 3.05) is 0 Å². The molecule has 8 aromatic rings. The van der Waals surface area contributed by atoms with Crippen LogP contribution in [0.1, 0.15) is 37.4 Å². The molecule has 52 heavy (non-hydrogen) atoms. The van der Waals surface area contributed by atoms with Crippen LogP contribution in [0.25, 0.3) is 28.1 Å². The fourth-order valence-electron chi connectivity index (χ4n) is 6.06. The highest BCUT2D eigenvalue weighted by molar-refractivity contribution is 6.09. The Balaban J connectivity index is 0.908. The fourth-order valence-corrected chi connectivity index (χ4v) is 6.06. The fraction of sp³-hybridized carbons (Fsp3) is 0.0217. The van der Waals surface area contributed by atoms with Crippen molar-refractivity contribution in [3.05, 3.63) is 204 Å². The quantitative estimate of drug-likeness (QED) is 0.135. The third-order valence-electron chi connectivity index (χ3n) is 8.82. The molecule has 6 heteroatoms. The number of imidazole rings is 1. The van der Waals surface area contributed by atoms with Gasteiger partial charge in [0.1, 0.15) is 28.8 Å². The maximum atomic E-state index is 13.4. The van der Waals surface area contributed by atoms with Gasteiger partial charge in [0, 0.05) is 33.5 Å². The standard InChI is InChI=1S/C46H32N2O4/c1-31-11-13-32(14-12-31)44(49)34-17-23-38(24-18-34)51-40-27-29-41(30-28-40)52-39-25-19-35(20-26-39)45(50)33-15-21-37(22-16-33)48-43-10-6-5-9-42(43)47-46(48)36-7-3-2-4-8-36/h2-30H,1H3. The Morgan fingerprint density at radius 3 is 1.37 bits per heavy atom. The van der Waals surface area contributed by atoms with Crippen LogP contribution < -0.4 is 9.47 Å². The second-order valence-electron chi connectivity index (χ2n) is 12.4. The van der Waals surface area contributed by atoms with Crippen LogP contribution in [-0.4, -0.2) is 21.1 Å². The monoisotopic (exact) mass is 676 g/mol. The van der Waals surface area contributed by atoms with Crippen molar-refractivity contribution in [1.82, 2.24) is 9.55 Å². The summed E-state index contributed by atoms with van der Waals surface area (Å²) in [5.41, 5.74) is 7.36. The van der Waals surface area contributed by atoms with Crippen LogP contribution in [0.5, 0.6) is 23.0 Å². The molecule has 8 rings (SSSR count). The molecule has 0 aliphatic rings. The maximum Gasteiger partial charge on any atom is 0.193 e. The minimum absolute atomic E-state index is 0.0302. The van der Waals surface area contributed by atoms with Crippen molar-refractivity contribution in [1.29, 1.82) is 0 Å². The summed E-state index contributed by atoms with van der Waals surface area (Å²) in [5, 5.41) is 0. The Morgan fingerprint density at radius 2 is 0.865 bits per heavy atom. The minimum Gasteiger partial charge on any atom is -0.457 e. The second-order valence-corrected chi connectivity index (χ2v) is 12.4. The van der Waals surface area contributed by atoms with E-state index in [1.807, 2.05) is 128 Å². The van der Waals surface area contributed by atoms with E-state index in [1.165, 1.54) is 0 Å². The van der Waals surface area contributed by atoms with E-state index in [-0.39, 0.29) is 11.6 Å². The molecule has 1 aromatic heterocycles. The number of fused-ring (bicyclic) bond motifs is 1. The third-order valence-corrected chi connectivity index (χ3v) is 8.82. The van der Waals surface area contributed by atoms with Gasteiger partial charge in [-0.3, -0.25) is 14.2 Å². The van der Waals surface area contributed by atoms with Crippen molar-refractivity contribution in [3.63, 3.8) is 0 Å². The first-order valence-corrected chi connectivity index (χ1v) is 16.9. The smallest absolute Gasteiger partial charge is 0.193 e. The Morgan fingerprint density at radius 1 is 0.462 bits per heavy atom. The number of ketones is 2. The zero-order chi connectivity index (χ0) is 35.4. The average Bonchev–Trinajstić information content (AvgIpc) is 3.59. The summed E-state index contributed by atoms with van der Waals surface area (Å²) >= 11 is 0. The number of aryl methyl sites for hydroxylation is 1. The van der Waals surface area contributed by atoms with Crippen LogP contribution in [0, 0.1) is 6.92 Å². The van der Waals surface area contributed by atoms with Crippen molar-refractivity contribution in [2.24, 2.45) is 0 Å². The van der Waals surface area contributed by atoms with Crippen molar-refractivity contribution >= 4 is 22.6 Å². The van der Waals surface area contributed by atoms with Gasteiger partial charge in [-0.1, -0.05) is 72.3 Å². The van der Waals surface area contributed by atoms with Crippen LogP contribution in [0.4, 0.5) is 0 Å². The molecule has 0 fully saturated rings. The molecule has 0 amide bonds. The number of carbonyl (C=O) groups is 2. The van der Waals surface area contributed by atoms with Crippen molar-refractivity contribution < 1.29 is 19.1 Å². The topological polar surface area (TPSA) is 70.4 Å². The zero-order valence-corrected chi connectivity index (χ0v) is 28.3. The Bertz CT molecular complexity index is 2500. The van der Waals surface area contributed by atoms with E-state index in [4.69, 9.17) is 14.5 Å². The highest BCUT2D eigenvalue weighted by atomic mass is 16.5. The predicted molar refractivity (Wildman–Crippen MR) is 204 cm³/mol. The Labute approximate surface area is 301 Å². The van der Waals surface area contributed by atoms with E-state index >= 15 is 0 Å². The van der Waals surface area contributed by atoms with Crippen LogP contribution in [0.15, 0.2) is 176 Å². The van der Waals surface area contributed by atoms with Gasteiger partial charge in [-0.15, -0.1) is 0 Å². The van der Waals surface area contributed by atoms with E-state index in [1.54, 1.807) is 48.5 Å².